The molecule has 2 nitrogen and oxygen atoms in total. The van der Waals surface area contributed by atoms with Crippen LogP contribution < -0.4 is 5.73 Å². The van der Waals surface area contributed by atoms with Crippen molar-refractivity contribution >= 4 is 0 Å². The van der Waals surface area contributed by atoms with Crippen LogP contribution in [0.1, 0.15) is 32.3 Å². The van der Waals surface area contributed by atoms with Crippen LogP contribution in [0.3, 0.4) is 0 Å². The van der Waals surface area contributed by atoms with E-state index in [0.717, 1.165) is 24.3 Å². The highest BCUT2D eigenvalue weighted by Crippen LogP contribution is 2.45. The van der Waals surface area contributed by atoms with Gasteiger partial charge in [-0.1, -0.05) is 30.3 Å². The van der Waals surface area contributed by atoms with E-state index in [1.54, 1.807) is 0 Å². The number of rotatable bonds is 3. The van der Waals surface area contributed by atoms with Crippen molar-refractivity contribution in [3.63, 3.8) is 0 Å². The van der Waals surface area contributed by atoms with Gasteiger partial charge in [-0.3, -0.25) is 4.90 Å². The molecule has 1 aromatic rings. The fourth-order valence-corrected chi connectivity index (χ4v) is 3.98. The van der Waals surface area contributed by atoms with Crippen LogP contribution in [0.4, 0.5) is 0 Å². The molecule has 0 bridgehead atoms. The van der Waals surface area contributed by atoms with Gasteiger partial charge in [-0.2, -0.15) is 0 Å². The third-order valence-corrected chi connectivity index (χ3v) is 5.13. The summed E-state index contributed by atoms with van der Waals surface area (Å²) >= 11 is 0. The van der Waals surface area contributed by atoms with Gasteiger partial charge in [0.2, 0.25) is 0 Å². The van der Waals surface area contributed by atoms with Crippen molar-refractivity contribution in [1.82, 2.24) is 4.90 Å². The largest absolute Gasteiger partial charge is 0.325 e. The maximum Gasteiger partial charge on any atom is 0.0233 e. The summed E-state index contributed by atoms with van der Waals surface area (Å²) < 4.78 is 0. The molecule has 3 atom stereocenters. The van der Waals surface area contributed by atoms with Gasteiger partial charge in [-0.05, 0) is 50.0 Å². The minimum atomic E-state index is 0.00853. The molecule has 0 aromatic heterocycles. The monoisotopic (exact) mass is 258 g/mol. The predicted molar refractivity (Wildman–Crippen MR) is 79.7 cm³/mol. The number of nitrogens with zero attached hydrogens (tertiary/aromatic N) is 1. The number of fused-ring (bicyclic) bond motifs is 1. The SMILES string of the molecule is CC(C)(N)C1C[C@@H]2CN(Cc3ccccc3)C[C@@H]2C1. The number of hydrogen-bond acceptors (Lipinski definition) is 2. The summed E-state index contributed by atoms with van der Waals surface area (Å²) in [5.41, 5.74) is 7.74. The lowest BCUT2D eigenvalue weighted by atomic mass is 9.86. The lowest BCUT2D eigenvalue weighted by Gasteiger charge is -2.28. The van der Waals surface area contributed by atoms with E-state index >= 15 is 0 Å². The molecule has 1 aliphatic carbocycles. The Morgan fingerprint density at radius 3 is 2.21 bits per heavy atom. The molecule has 2 aliphatic rings. The molecule has 0 radical (unpaired) electrons. The first kappa shape index (κ1) is 13.1. The minimum absolute atomic E-state index is 0.00853. The summed E-state index contributed by atoms with van der Waals surface area (Å²) in [6.45, 7) is 8.05. The Hall–Kier alpha value is -0.860. The van der Waals surface area contributed by atoms with Crippen LogP contribution in [0, 0.1) is 17.8 Å². The van der Waals surface area contributed by atoms with Crippen LogP contribution >= 0.6 is 0 Å². The number of nitrogens with two attached hydrogens (primary N) is 1. The van der Waals surface area contributed by atoms with Gasteiger partial charge in [-0.25, -0.2) is 0 Å². The average molecular weight is 258 g/mol. The van der Waals surface area contributed by atoms with Gasteiger partial charge in [0.1, 0.15) is 0 Å². The fourth-order valence-electron chi connectivity index (χ4n) is 3.98. The van der Waals surface area contributed by atoms with Crippen LogP contribution in [-0.2, 0) is 6.54 Å². The Kier molecular flexibility index (Phi) is 3.40. The first-order chi connectivity index (χ1) is 9.02. The van der Waals surface area contributed by atoms with E-state index in [0.29, 0.717) is 0 Å². The summed E-state index contributed by atoms with van der Waals surface area (Å²) in [6.07, 6.45) is 2.67. The first-order valence-corrected chi connectivity index (χ1v) is 7.57. The Labute approximate surface area is 117 Å². The summed E-state index contributed by atoms with van der Waals surface area (Å²) in [7, 11) is 0. The molecule has 2 heteroatoms. The van der Waals surface area contributed by atoms with E-state index in [9.17, 15) is 0 Å². The summed E-state index contributed by atoms with van der Waals surface area (Å²) in [5.74, 6) is 2.49. The fraction of sp³-hybridized carbons (Fsp3) is 0.647. The van der Waals surface area contributed by atoms with Crippen molar-refractivity contribution in [2.45, 2.75) is 38.8 Å². The molecule has 1 aromatic carbocycles. The van der Waals surface area contributed by atoms with E-state index in [2.05, 4.69) is 49.1 Å². The smallest absolute Gasteiger partial charge is 0.0233 e. The van der Waals surface area contributed by atoms with Gasteiger partial charge < -0.3 is 5.73 Å². The van der Waals surface area contributed by atoms with Crippen LogP contribution in [-0.4, -0.2) is 23.5 Å². The van der Waals surface area contributed by atoms with Crippen molar-refractivity contribution in [3.8, 4) is 0 Å². The van der Waals surface area contributed by atoms with Gasteiger partial charge >= 0.3 is 0 Å². The maximum atomic E-state index is 6.29. The second-order valence-corrected chi connectivity index (χ2v) is 7.19. The Morgan fingerprint density at radius 2 is 1.68 bits per heavy atom. The molecule has 19 heavy (non-hydrogen) atoms. The summed E-state index contributed by atoms with van der Waals surface area (Å²) in [6, 6.07) is 10.8. The molecule has 1 saturated carbocycles. The molecule has 2 N–H and O–H groups in total. The molecule has 2 fully saturated rings. The molecule has 0 amide bonds. The molecule has 1 aliphatic heterocycles. The third-order valence-electron chi connectivity index (χ3n) is 5.13. The van der Waals surface area contributed by atoms with E-state index < -0.39 is 0 Å². The lowest BCUT2D eigenvalue weighted by Crippen LogP contribution is -2.40. The predicted octanol–water partition coefficient (Wildman–Crippen LogP) is 2.88. The number of likely N-dealkylation sites (tertiary alicyclic amines) is 1. The zero-order valence-corrected chi connectivity index (χ0v) is 12.2. The van der Waals surface area contributed by atoms with Crippen molar-refractivity contribution in [3.05, 3.63) is 35.9 Å². The number of benzene rings is 1. The molecule has 0 spiro atoms. The first-order valence-electron chi connectivity index (χ1n) is 7.57. The second kappa shape index (κ2) is 4.92. The van der Waals surface area contributed by atoms with E-state index in [4.69, 9.17) is 5.73 Å². The highest BCUT2D eigenvalue weighted by Gasteiger charge is 2.44. The van der Waals surface area contributed by atoms with Crippen LogP contribution in [0.15, 0.2) is 30.3 Å². The zero-order valence-electron chi connectivity index (χ0n) is 12.2. The molecular weight excluding hydrogens is 232 g/mol. The summed E-state index contributed by atoms with van der Waals surface area (Å²) in [5, 5.41) is 0. The topological polar surface area (TPSA) is 29.3 Å². The Morgan fingerprint density at radius 1 is 1.11 bits per heavy atom. The molecule has 1 unspecified atom stereocenters. The highest BCUT2D eigenvalue weighted by molar-refractivity contribution is 5.15. The third kappa shape index (κ3) is 2.85. The minimum Gasteiger partial charge on any atom is -0.325 e. The molecule has 3 rings (SSSR count). The van der Waals surface area contributed by atoms with E-state index in [1.165, 1.54) is 31.5 Å². The van der Waals surface area contributed by atoms with Gasteiger partial charge in [0.25, 0.3) is 0 Å². The zero-order chi connectivity index (χ0) is 13.5. The van der Waals surface area contributed by atoms with Gasteiger partial charge in [0.05, 0.1) is 0 Å². The van der Waals surface area contributed by atoms with Gasteiger partial charge in [0, 0.05) is 25.2 Å². The standard InChI is InChI=1S/C17H26N2/c1-17(2,18)16-8-14-11-19(12-15(14)9-16)10-13-6-4-3-5-7-13/h3-7,14-16H,8-12,18H2,1-2H3/t14-,15+,16?. The maximum absolute atomic E-state index is 6.29. The van der Waals surface area contributed by atoms with Crippen molar-refractivity contribution in [2.24, 2.45) is 23.5 Å². The summed E-state index contributed by atoms with van der Waals surface area (Å²) in [4.78, 5) is 2.63. The Bertz CT molecular complexity index is 407. The van der Waals surface area contributed by atoms with Crippen LogP contribution in [0.5, 0.6) is 0 Å². The van der Waals surface area contributed by atoms with E-state index in [-0.39, 0.29) is 5.54 Å². The van der Waals surface area contributed by atoms with Crippen molar-refractivity contribution in [1.29, 1.82) is 0 Å². The van der Waals surface area contributed by atoms with Crippen molar-refractivity contribution < 1.29 is 0 Å². The van der Waals surface area contributed by atoms with Gasteiger partial charge in [-0.15, -0.1) is 0 Å². The van der Waals surface area contributed by atoms with Crippen LogP contribution in [0.25, 0.3) is 0 Å². The van der Waals surface area contributed by atoms with Gasteiger partial charge in [0.15, 0.2) is 0 Å². The second-order valence-electron chi connectivity index (χ2n) is 7.19. The lowest BCUT2D eigenvalue weighted by molar-refractivity contribution is 0.255. The molecular formula is C17H26N2. The highest BCUT2D eigenvalue weighted by atomic mass is 15.2. The quantitative estimate of drug-likeness (QED) is 0.903. The van der Waals surface area contributed by atoms with Crippen LogP contribution in [0.2, 0.25) is 0 Å². The van der Waals surface area contributed by atoms with E-state index in [1.807, 2.05) is 0 Å². The number of hydrogen-bond donors (Lipinski definition) is 1. The molecule has 1 heterocycles. The average Bonchev–Trinajstić information content (AvgIpc) is 2.87. The molecule has 104 valence electrons. The normalized spacial score (nSPS) is 31.6. The van der Waals surface area contributed by atoms with Crippen molar-refractivity contribution in [2.75, 3.05) is 13.1 Å². The Balaban J connectivity index is 1.57. The molecule has 1 saturated heterocycles.